The van der Waals surface area contributed by atoms with Crippen molar-refractivity contribution >= 4 is 5.97 Å². The van der Waals surface area contributed by atoms with E-state index in [4.69, 9.17) is 9.47 Å². The molecule has 0 saturated heterocycles. The van der Waals surface area contributed by atoms with Gasteiger partial charge in [-0.05, 0) is 38.5 Å². The second kappa shape index (κ2) is 26.4. The van der Waals surface area contributed by atoms with Crippen LogP contribution in [-0.2, 0) is 14.3 Å². The summed E-state index contributed by atoms with van der Waals surface area (Å²) in [5, 5.41) is 9.41. The van der Waals surface area contributed by atoms with Gasteiger partial charge in [-0.2, -0.15) is 0 Å². The van der Waals surface area contributed by atoms with Crippen LogP contribution >= 0.6 is 0 Å². The van der Waals surface area contributed by atoms with Crippen molar-refractivity contribution in [2.45, 2.75) is 142 Å². The highest BCUT2D eigenvalue weighted by Crippen LogP contribution is 2.10. The van der Waals surface area contributed by atoms with Crippen LogP contribution in [0.25, 0.3) is 0 Å². The molecule has 1 N–H and O–H groups in total. The third-order valence-electron chi connectivity index (χ3n) is 5.84. The van der Waals surface area contributed by atoms with Gasteiger partial charge >= 0.3 is 5.97 Å². The molecular weight excluding hydrogens is 400 g/mol. The summed E-state index contributed by atoms with van der Waals surface area (Å²) in [6, 6.07) is 0. The Balaban J connectivity index is 3.47. The number of carbonyl (C=O) groups is 1. The molecule has 32 heavy (non-hydrogen) atoms. The maximum atomic E-state index is 12.0. The summed E-state index contributed by atoms with van der Waals surface area (Å²) in [7, 11) is 0. The van der Waals surface area contributed by atoms with Crippen molar-refractivity contribution in [3.05, 3.63) is 12.2 Å². The van der Waals surface area contributed by atoms with Crippen LogP contribution in [0.2, 0.25) is 0 Å². The van der Waals surface area contributed by atoms with Gasteiger partial charge in [-0.3, -0.25) is 4.79 Å². The van der Waals surface area contributed by atoms with Crippen molar-refractivity contribution in [3.8, 4) is 0 Å². The molecule has 1 unspecified atom stereocenters. The Hall–Kier alpha value is -0.870. The van der Waals surface area contributed by atoms with Gasteiger partial charge in [-0.1, -0.05) is 103 Å². The summed E-state index contributed by atoms with van der Waals surface area (Å²) in [6.45, 7) is 5.27. The number of ether oxygens (including phenoxy) is 2. The summed E-state index contributed by atoms with van der Waals surface area (Å²) in [4.78, 5) is 12.0. The van der Waals surface area contributed by atoms with E-state index >= 15 is 0 Å². The van der Waals surface area contributed by atoms with Crippen LogP contribution in [0.4, 0.5) is 0 Å². The smallest absolute Gasteiger partial charge is 0.306 e. The predicted molar refractivity (Wildman–Crippen MR) is 136 cm³/mol. The molecule has 0 fully saturated rings. The van der Waals surface area contributed by atoms with Crippen molar-refractivity contribution in [1.82, 2.24) is 0 Å². The highest BCUT2D eigenvalue weighted by atomic mass is 16.6. The Morgan fingerprint density at radius 3 is 1.78 bits per heavy atom. The Bertz CT molecular complexity index is 408. The minimum absolute atomic E-state index is 0.172. The summed E-state index contributed by atoms with van der Waals surface area (Å²) in [5.41, 5.74) is 0. The van der Waals surface area contributed by atoms with Crippen LogP contribution in [0.15, 0.2) is 12.2 Å². The molecule has 0 aromatic heterocycles. The highest BCUT2D eigenvalue weighted by molar-refractivity contribution is 5.69. The Labute approximate surface area is 199 Å². The van der Waals surface area contributed by atoms with Gasteiger partial charge in [0.1, 0.15) is 6.10 Å². The van der Waals surface area contributed by atoms with Crippen molar-refractivity contribution < 1.29 is 19.4 Å². The molecule has 0 aromatic rings. The van der Waals surface area contributed by atoms with Crippen molar-refractivity contribution in [3.63, 3.8) is 0 Å². The Kier molecular flexibility index (Phi) is 25.7. The van der Waals surface area contributed by atoms with Gasteiger partial charge in [-0.15, -0.1) is 0 Å². The highest BCUT2D eigenvalue weighted by Gasteiger charge is 2.13. The lowest BCUT2D eigenvalue weighted by Crippen LogP contribution is -2.27. The van der Waals surface area contributed by atoms with Crippen LogP contribution in [0.3, 0.4) is 0 Å². The fourth-order valence-corrected chi connectivity index (χ4v) is 3.73. The maximum absolute atomic E-state index is 12.0. The number of esters is 1. The van der Waals surface area contributed by atoms with E-state index in [0.29, 0.717) is 19.6 Å². The minimum Gasteiger partial charge on any atom is -0.457 e. The second-order valence-corrected chi connectivity index (χ2v) is 9.12. The molecule has 0 radical (unpaired) electrons. The van der Waals surface area contributed by atoms with Gasteiger partial charge in [0, 0.05) is 13.0 Å². The van der Waals surface area contributed by atoms with Crippen LogP contribution in [-0.4, -0.2) is 37.0 Å². The minimum atomic E-state index is -0.527. The average Bonchev–Trinajstić information content (AvgIpc) is 2.80. The standard InChI is InChI=1S/C28H54O4/c1-3-5-7-9-11-12-13-14-15-16-17-18-19-21-23-28(30)32-27(25-29)26-31-24-22-20-10-8-6-4-2/h13-14,27,29H,3-12,15-26H2,1-2H3/b14-13-. The molecule has 0 aliphatic rings. The van der Waals surface area contributed by atoms with Gasteiger partial charge in [0.25, 0.3) is 0 Å². The van der Waals surface area contributed by atoms with Gasteiger partial charge < -0.3 is 14.6 Å². The van der Waals surface area contributed by atoms with Crippen LogP contribution in [0.1, 0.15) is 136 Å². The molecule has 0 spiro atoms. The molecule has 0 aromatic carbocycles. The fraction of sp³-hybridized carbons (Fsp3) is 0.893. The van der Waals surface area contributed by atoms with E-state index in [9.17, 15) is 9.90 Å². The topological polar surface area (TPSA) is 55.8 Å². The second-order valence-electron chi connectivity index (χ2n) is 9.12. The number of aliphatic hydroxyl groups excluding tert-OH is 1. The van der Waals surface area contributed by atoms with Crippen LogP contribution < -0.4 is 0 Å². The van der Waals surface area contributed by atoms with Crippen molar-refractivity contribution in [2.24, 2.45) is 0 Å². The fourth-order valence-electron chi connectivity index (χ4n) is 3.73. The van der Waals surface area contributed by atoms with E-state index in [1.165, 1.54) is 96.3 Å². The first-order valence-electron chi connectivity index (χ1n) is 13.8. The average molecular weight is 455 g/mol. The molecule has 0 bridgehead atoms. The van der Waals surface area contributed by atoms with Gasteiger partial charge in [0.15, 0.2) is 0 Å². The quantitative estimate of drug-likeness (QED) is 0.0864. The first-order valence-corrected chi connectivity index (χ1v) is 13.8. The number of aliphatic hydroxyl groups is 1. The molecule has 0 saturated carbocycles. The zero-order valence-corrected chi connectivity index (χ0v) is 21.5. The molecule has 4 nitrogen and oxygen atoms in total. The van der Waals surface area contributed by atoms with Gasteiger partial charge in [0.05, 0.1) is 13.2 Å². The van der Waals surface area contributed by atoms with E-state index in [-0.39, 0.29) is 12.6 Å². The number of allylic oxidation sites excluding steroid dienone is 2. The summed E-state index contributed by atoms with van der Waals surface area (Å²) in [6.07, 6.45) is 26.6. The first-order chi connectivity index (χ1) is 15.7. The molecule has 4 heteroatoms. The van der Waals surface area contributed by atoms with E-state index in [2.05, 4.69) is 26.0 Å². The number of unbranched alkanes of at least 4 members (excludes halogenated alkanes) is 15. The molecule has 0 aliphatic carbocycles. The number of hydrogen-bond acceptors (Lipinski definition) is 4. The third-order valence-corrected chi connectivity index (χ3v) is 5.84. The predicted octanol–water partition coefficient (Wildman–Crippen LogP) is 7.92. The normalized spacial score (nSPS) is 12.5. The summed E-state index contributed by atoms with van der Waals surface area (Å²) >= 11 is 0. The summed E-state index contributed by atoms with van der Waals surface area (Å²) in [5.74, 6) is -0.214. The largest absolute Gasteiger partial charge is 0.457 e. The number of rotatable bonds is 25. The van der Waals surface area contributed by atoms with Crippen LogP contribution in [0, 0.1) is 0 Å². The third kappa shape index (κ3) is 23.8. The lowest BCUT2D eigenvalue weighted by molar-refractivity contribution is -0.154. The van der Waals surface area contributed by atoms with E-state index in [0.717, 1.165) is 19.3 Å². The van der Waals surface area contributed by atoms with Crippen molar-refractivity contribution in [2.75, 3.05) is 19.8 Å². The zero-order chi connectivity index (χ0) is 23.5. The molecule has 0 amide bonds. The van der Waals surface area contributed by atoms with E-state index in [1.807, 2.05) is 0 Å². The molecule has 0 aliphatic heterocycles. The maximum Gasteiger partial charge on any atom is 0.306 e. The molecule has 0 rings (SSSR count). The SMILES string of the molecule is CCCCCCC/C=C\CCCCCCCC(=O)OC(CO)COCCCCCCCC. The Morgan fingerprint density at radius 1 is 0.719 bits per heavy atom. The number of carbonyl (C=O) groups excluding carboxylic acids is 1. The first kappa shape index (κ1) is 31.1. The molecule has 190 valence electrons. The molecule has 0 heterocycles. The van der Waals surface area contributed by atoms with Gasteiger partial charge in [0.2, 0.25) is 0 Å². The number of hydrogen-bond donors (Lipinski definition) is 1. The monoisotopic (exact) mass is 454 g/mol. The zero-order valence-electron chi connectivity index (χ0n) is 21.5. The Morgan fingerprint density at radius 2 is 1.22 bits per heavy atom. The lowest BCUT2D eigenvalue weighted by atomic mass is 10.1. The van der Waals surface area contributed by atoms with E-state index < -0.39 is 6.10 Å². The molecular formula is C28H54O4. The van der Waals surface area contributed by atoms with Crippen LogP contribution in [0.5, 0.6) is 0 Å². The van der Waals surface area contributed by atoms with Gasteiger partial charge in [-0.25, -0.2) is 0 Å². The molecule has 1 atom stereocenters. The van der Waals surface area contributed by atoms with E-state index in [1.54, 1.807) is 0 Å². The van der Waals surface area contributed by atoms with Crippen molar-refractivity contribution in [1.29, 1.82) is 0 Å². The lowest BCUT2D eigenvalue weighted by Gasteiger charge is -2.15. The summed E-state index contributed by atoms with van der Waals surface area (Å²) < 4.78 is 10.9.